The van der Waals surface area contributed by atoms with Gasteiger partial charge in [0, 0.05) is 6.08 Å². The summed E-state index contributed by atoms with van der Waals surface area (Å²) in [5, 5.41) is 18.1. The second kappa shape index (κ2) is 5.56. The van der Waals surface area contributed by atoms with Gasteiger partial charge < -0.3 is 9.84 Å². The lowest BCUT2D eigenvalue weighted by atomic mass is 10.1. The third-order valence-electron chi connectivity index (χ3n) is 1.83. The van der Waals surface area contributed by atoms with Crippen LogP contribution in [0.2, 0.25) is 0 Å². The van der Waals surface area contributed by atoms with Gasteiger partial charge in [-0.1, -0.05) is 12.1 Å². The highest BCUT2D eigenvalue weighted by Crippen LogP contribution is 2.18. The van der Waals surface area contributed by atoms with Crippen LogP contribution in [0.25, 0.3) is 5.57 Å². The molecule has 1 aromatic rings. The summed E-state index contributed by atoms with van der Waals surface area (Å²) in [6.07, 6.45) is 1.11. The first kappa shape index (κ1) is 11.8. The van der Waals surface area contributed by atoms with Crippen molar-refractivity contribution in [2.45, 2.75) is 6.92 Å². The molecule has 0 fully saturated rings. The third-order valence-corrected chi connectivity index (χ3v) is 1.83. The highest BCUT2D eigenvalue weighted by molar-refractivity contribution is 5.95. The minimum atomic E-state index is -0.567. The fourth-order valence-corrected chi connectivity index (χ4v) is 1.16. The highest BCUT2D eigenvalue weighted by atomic mass is 16.5. The van der Waals surface area contributed by atoms with Crippen LogP contribution in [0.4, 0.5) is 0 Å². The van der Waals surface area contributed by atoms with Gasteiger partial charge in [-0.05, 0) is 24.6 Å². The second-order valence-corrected chi connectivity index (χ2v) is 2.97. The fraction of sp³-hybridized carbons (Fsp3) is 0.167. The van der Waals surface area contributed by atoms with Crippen LogP contribution >= 0.6 is 0 Å². The Morgan fingerprint density at radius 3 is 2.94 bits per heavy atom. The van der Waals surface area contributed by atoms with E-state index in [1.54, 1.807) is 19.1 Å². The Labute approximate surface area is 93.4 Å². The predicted octanol–water partition coefficient (Wildman–Crippen LogP) is 1.86. The molecule has 0 aliphatic carbocycles. The number of phenols is 1. The molecule has 0 amide bonds. The summed E-state index contributed by atoms with van der Waals surface area (Å²) < 4.78 is 4.70. The van der Waals surface area contributed by atoms with Crippen molar-refractivity contribution >= 4 is 11.5 Å². The molecule has 0 saturated heterocycles. The van der Waals surface area contributed by atoms with Gasteiger partial charge >= 0.3 is 5.97 Å². The van der Waals surface area contributed by atoms with E-state index < -0.39 is 5.97 Å². The number of allylic oxidation sites excluding steroid dienone is 1. The predicted molar refractivity (Wildman–Crippen MR) is 58.3 cm³/mol. The van der Waals surface area contributed by atoms with Gasteiger partial charge in [0.1, 0.15) is 11.8 Å². The summed E-state index contributed by atoms with van der Waals surface area (Å²) in [4.78, 5) is 11.2. The first-order chi connectivity index (χ1) is 7.67. The van der Waals surface area contributed by atoms with Crippen LogP contribution in [0.5, 0.6) is 5.75 Å². The zero-order valence-corrected chi connectivity index (χ0v) is 8.80. The van der Waals surface area contributed by atoms with Gasteiger partial charge in [-0.25, -0.2) is 4.79 Å². The molecule has 0 aliphatic rings. The van der Waals surface area contributed by atoms with E-state index in [1.807, 2.05) is 6.07 Å². The van der Waals surface area contributed by atoms with E-state index in [1.165, 1.54) is 12.1 Å². The lowest BCUT2D eigenvalue weighted by Crippen LogP contribution is -2.00. The van der Waals surface area contributed by atoms with Gasteiger partial charge in [0.2, 0.25) is 0 Å². The molecule has 1 aromatic carbocycles. The third kappa shape index (κ3) is 3.14. The number of benzene rings is 1. The molecular weight excluding hydrogens is 206 g/mol. The summed E-state index contributed by atoms with van der Waals surface area (Å²) in [5.74, 6) is -0.523. The normalized spacial score (nSPS) is 10.6. The van der Waals surface area contributed by atoms with Crippen molar-refractivity contribution in [2.24, 2.45) is 0 Å². The van der Waals surface area contributed by atoms with Crippen LogP contribution in [0.1, 0.15) is 12.5 Å². The van der Waals surface area contributed by atoms with Crippen molar-refractivity contribution in [3.8, 4) is 11.8 Å². The van der Waals surface area contributed by atoms with Gasteiger partial charge in [0.05, 0.1) is 12.2 Å². The number of hydrogen-bond donors (Lipinski definition) is 1. The lowest BCUT2D eigenvalue weighted by molar-refractivity contribution is -0.137. The van der Waals surface area contributed by atoms with E-state index in [4.69, 9.17) is 10.00 Å². The smallest absolute Gasteiger partial charge is 0.332 e. The first-order valence-corrected chi connectivity index (χ1v) is 4.75. The van der Waals surface area contributed by atoms with Gasteiger partial charge in [0.15, 0.2) is 0 Å². The molecule has 0 radical (unpaired) electrons. The van der Waals surface area contributed by atoms with E-state index in [0.29, 0.717) is 5.56 Å². The zero-order valence-electron chi connectivity index (χ0n) is 8.80. The summed E-state index contributed by atoms with van der Waals surface area (Å²) >= 11 is 0. The molecule has 0 saturated carbocycles. The molecule has 1 N–H and O–H groups in total. The topological polar surface area (TPSA) is 70.3 Å². The number of carbonyl (C=O) groups excluding carboxylic acids is 1. The van der Waals surface area contributed by atoms with Crippen molar-refractivity contribution in [2.75, 3.05) is 6.61 Å². The monoisotopic (exact) mass is 217 g/mol. The van der Waals surface area contributed by atoms with Crippen molar-refractivity contribution in [3.63, 3.8) is 0 Å². The number of carbonyl (C=O) groups is 1. The molecule has 0 aliphatic heterocycles. The second-order valence-electron chi connectivity index (χ2n) is 2.97. The molecular formula is C12H11NO3. The Balaban J connectivity index is 3.00. The Morgan fingerprint density at radius 1 is 1.62 bits per heavy atom. The number of hydrogen-bond acceptors (Lipinski definition) is 4. The minimum Gasteiger partial charge on any atom is -0.508 e. The van der Waals surface area contributed by atoms with Crippen LogP contribution in [-0.4, -0.2) is 17.7 Å². The van der Waals surface area contributed by atoms with E-state index >= 15 is 0 Å². The summed E-state index contributed by atoms with van der Waals surface area (Å²) in [6, 6.07) is 8.02. The molecule has 1 rings (SSSR count). The van der Waals surface area contributed by atoms with E-state index in [2.05, 4.69) is 0 Å². The molecule has 0 spiro atoms. The van der Waals surface area contributed by atoms with E-state index in [0.717, 1.165) is 6.08 Å². The van der Waals surface area contributed by atoms with Crippen molar-refractivity contribution in [3.05, 3.63) is 35.9 Å². The Hall–Kier alpha value is -2.28. The van der Waals surface area contributed by atoms with Crippen molar-refractivity contribution in [1.29, 1.82) is 5.26 Å². The summed E-state index contributed by atoms with van der Waals surface area (Å²) in [6.45, 7) is 1.94. The van der Waals surface area contributed by atoms with Crippen LogP contribution in [0.3, 0.4) is 0 Å². The largest absolute Gasteiger partial charge is 0.508 e. The maximum Gasteiger partial charge on any atom is 0.332 e. The standard InChI is InChI=1S/C12H11NO3/c1-2-16-12(15)7-10(8-13)9-4-3-5-11(14)6-9/h3-7,14H,2H2,1H3. The van der Waals surface area contributed by atoms with Crippen molar-refractivity contribution in [1.82, 2.24) is 0 Å². The lowest BCUT2D eigenvalue weighted by Gasteiger charge is -2.00. The van der Waals surface area contributed by atoms with E-state index in [-0.39, 0.29) is 17.9 Å². The number of aromatic hydroxyl groups is 1. The van der Waals surface area contributed by atoms with Crippen LogP contribution in [-0.2, 0) is 9.53 Å². The quantitative estimate of drug-likeness (QED) is 0.476. The summed E-state index contributed by atoms with van der Waals surface area (Å²) in [7, 11) is 0. The number of nitriles is 1. The minimum absolute atomic E-state index is 0.0440. The average Bonchev–Trinajstić information content (AvgIpc) is 2.26. The SMILES string of the molecule is CCOC(=O)C=C(C#N)c1cccc(O)c1. The molecule has 82 valence electrons. The fourth-order valence-electron chi connectivity index (χ4n) is 1.16. The molecule has 16 heavy (non-hydrogen) atoms. The molecule has 0 bridgehead atoms. The molecule has 0 atom stereocenters. The van der Waals surface area contributed by atoms with Gasteiger partial charge in [-0.15, -0.1) is 0 Å². The molecule has 0 unspecified atom stereocenters. The van der Waals surface area contributed by atoms with Crippen LogP contribution in [0.15, 0.2) is 30.3 Å². The van der Waals surface area contributed by atoms with Gasteiger partial charge in [-0.3, -0.25) is 0 Å². The Kier molecular flexibility index (Phi) is 4.10. The number of rotatable bonds is 3. The molecule has 4 nitrogen and oxygen atoms in total. The molecule has 0 heterocycles. The van der Waals surface area contributed by atoms with E-state index in [9.17, 15) is 9.90 Å². The van der Waals surface area contributed by atoms with Crippen LogP contribution in [0, 0.1) is 11.3 Å². The highest BCUT2D eigenvalue weighted by Gasteiger charge is 2.05. The Bertz CT molecular complexity index is 458. The number of phenolic OH excluding ortho intramolecular Hbond substituents is 1. The first-order valence-electron chi connectivity index (χ1n) is 4.75. The molecule has 0 aromatic heterocycles. The van der Waals surface area contributed by atoms with Crippen LogP contribution < -0.4 is 0 Å². The van der Waals surface area contributed by atoms with Crippen molar-refractivity contribution < 1.29 is 14.6 Å². The number of nitrogens with zero attached hydrogens (tertiary/aromatic N) is 1. The average molecular weight is 217 g/mol. The Morgan fingerprint density at radius 2 is 2.38 bits per heavy atom. The summed E-state index contributed by atoms with van der Waals surface area (Å²) in [5.41, 5.74) is 0.643. The molecule has 4 heteroatoms. The van der Waals surface area contributed by atoms with Gasteiger partial charge in [0.25, 0.3) is 0 Å². The number of ether oxygens (including phenoxy) is 1. The van der Waals surface area contributed by atoms with Gasteiger partial charge in [-0.2, -0.15) is 5.26 Å². The zero-order chi connectivity index (χ0) is 12.0. The maximum absolute atomic E-state index is 11.2. The number of esters is 1. The maximum atomic E-state index is 11.2.